The molecule has 0 amide bonds. The summed E-state index contributed by atoms with van der Waals surface area (Å²) in [5.74, 6) is -1.15. The molecule has 5 heteroatoms. The molecule has 0 unspecified atom stereocenters. The van der Waals surface area contributed by atoms with Crippen LogP contribution in [0.3, 0.4) is 0 Å². The molecule has 0 spiro atoms. The van der Waals surface area contributed by atoms with E-state index in [9.17, 15) is 8.78 Å². The van der Waals surface area contributed by atoms with Crippen LogP contribution in [0, 0.1) is 11.6 Å². The van der Waals surface area contributed by atoms with Crippen LogP contribution in [0.2, 0.25) is 5.15 Å². The Kier molecular flexibility index (Phi) is 3.54. The molecule has 0 saturated heterocycles. The van der Waals surface area contributed by atoms with Crippen LogP contribution in [0.1, 0.15) is 5.56 Å². The summed E-state index contributed by atoms with van der Waals surface area (Å²) in [6.45, 7) is 0.259. The molecule has 1 aromatic heterocycles. The van der Waals surface area contributed by atoms with Crippen LogP contribution in [0.25, 0.3) is 0 Å². The lowest BCUT2D eigenvalue weighted by atomic mass is 10.2. The lowest BCUT2D eigenvalue weighted by Gasteiger charge is -2.07. The normalized spacial score (nSPS) is 10.3. The molecule has 0 radical (unpaired) electrons. The predicted molar refractivity (Wildman–Crippen MR) is 62.9 cm³/mol. The number of benzene rings is 1. The molecule has 2 aromatic rings. The Labute approximate surface area is 102 Å². The number of nitrogens with zero attached hydrogens (tertiary/aromatic N) is 1. The second kappa shape index (κ2) is 5.10. The molecule has 88 valence electrons. The standard InChI is InChI=1S/C12H9ClF2N2/c13-12-4-3-10(7-17-12)16-6-8-1-2-9(14)5-11(8)15/h1-5,7,16H,6H2. The van der Waals surface area contributed by atoms with Crippen molar-refractivity contribution in [3.63, 3.8) is 0 Å². The van der Waals surface area contributed by atoms with Crippen molar-refractivity contribution in [2.75, 3.05) is 5.32 Å². The van der Waals surface area contributed by atoms with Gasteiger partial charge in [-0.15, -0.1) is 0 Å². The van der Waals surface area contributed by atoms with Gasteiger partial charge in [0.2, 0.25) is 0 Å². The Bertz CT molecular complexity index is 514. The van der Waals surface area contributed by atoms with Gasteiger partial charge in [0.15, 0.2) is 0 Å². The Morgan fingerprint density at radius 1 is 1.18 bits per heavy atom. The Balaban J connectivity index is 2.04. The largest absolute Gasteiger partial charge is 0.380 e. The van der Waals surface area contributed by atoms with Crippen molar-refractivity contribution >= 4 is 17.3 Å². The van der Waals surface area contributed by atoms with Gasteiger partial charge < -0.3 is 5.32 Å². The van der Waals surface area contributed by atoms with Crippen molar-refractivity contribution in [2.45, 2.75) is 6.54 Å². The van der Waals surface area contributed by atoms with Gasteiger partial charge in [0.1, 0.15) is 16.8 Å². The van der Waals surface area contributed by atoms with Gasteiger partial charge in [0.25, 0.3) is 0 Å². The van der Waals surface area contributed by atoms with E-state index < -0.39 is 11.6 Å². The average molecular weight is 255 g/mol. The van der Waals surface area contributed by atoms with Crippen LogP contribution in [-0.4, -0.2) is 4.98 Å². The molecule has 17 heavy (non-hydrogen) atoms. The summed E-state index contributed by atoms with van der Waals surface area (Å²) in [6.07, 6.45) is 1.55. The van der Waals surface area contributed by atoms with E-state index in [0.717, 1.165) is 11.8 Å². The topological polar surface area (TPSA) is 24.9 Å². The van der Waals surface area contributed by atoms with E-state index in [0.29, 0.717) is 10.7 Å². The van der Waals surface area contributed by atoms with Crippen LogP contribution in [0.5, 0.6) is 0 Å². The molecular weight excluding hydrogens is 246 g/mol. The molecule has 0 aliphatic heterocycles. The number of aromatic nitrogens is 1. The van der Waals surface area contributed by atoms with Gasteiger partial charge in [-0.05, 0) is 18.2 Å². The van der Waals surface area contributed by atoms with Crippen LogP contribution in [0.4, 0.5) is 14.5 Å². The van der Waals surface area contributed by atoms with Gasteiger partial charge in [-0.1, -0.05) is 17.7 Å². The van der Waals surface area contributed by atoms with E-state index in [-0.39, 0.29) is 6.54 Å². The average Bonchev–Trinajstić information content (AvgIpc) is 2.30. The van der Waals surface area contributed by atoms with Gasteiger partial charge in [-0.2, -0.15) is 0 Å². The number of nitrogens with one attached hydrogen (secondary N) is 1. The maximum absolute atomic E-state index is 13.3. The first kappa shape index (κ1) is 11.8. The highest BCUT2D eigenvalue weighted by Crippen LogP contribution is 2.13. The lowest BCUT2D eigenvalue weighted by molar-refractivity contribution is 0.574. The predicted octanol–water partition coefficient (Wildman–Crippen LogP) is 3.63. The molecule has 0 aliphatic carbocycles. The minimum atomic E-state index is -0.584. The summed E-state index contributed by atoms with van der Waals surface area (Å²) in [5.41, 5.74) is 1.11. The Hall–Kier alpha value is -1.68. The van der Waals surface area contributed by atoms with Crippen LogP contribution in [-0.2, 0) is 6.54 Å². The zero-order valence-electron chi connectivity index (χ0n) is 8.75. The van der Waals surface area contributed by atoms with Gasteiger partial charge in [-0.25, -0.2) is 13.8 Å². The summed E-state index contributed by atoms with van der Waals surface area (Å²) in [7, 11) is 0. The molecule has 0 bridgehead atoms. The SMILES string of the molecule is Fc1ccc(CNc2ccc(Cl)nc2)c(F)c1. The molecule has 2 nitrogen and oxygen atoms in total. The molecule has 0 aliphatic rings. The zero-order chi connectivity index (χ0) is 12.3. The first-order chi connectivity index (χ1) is 8.15. The molecule has 2 rings (SSSR count). The summed E-state index contributed by atoms with van der Waals surface area (Å²) < 4.78 is 26.0. The summed E-state index contributed by atoms with van der Waals surface area (Å²) in [5, 5.41) is 3.36. The highest BCUT2D eigenvalue weighted by Gasteiger charge is 2.03. The molecule has 1 heterocycles. The maximum atomic E-state index is 13.3. The van der Waals surface area contributed by atoms with Crippen LogP contribution in [0.15, 0.2) is 36.5 Å². The van der Waals surface area contributed by atoms with Crippen molar-refractivity contribution in [1.29, 1.82) is 0 Å². The molecular formula is C12H9ClF2N2. The highest BCUT2D eigenvalue weighted by atomic mass is 35.5. The third kappa shape index (κ3) is 3.14. The van der Waals surface area contributed by atoms with E-state index in [1.807, 2.05) is 0 Å². The first-order valence-corrected chi connectivity index (χ1v) is 5.32. The fourth-order valence-corrected chi connectivity index (χ4v) is 1.45. The second-order valence-corrected chi connectivity index (χ2v) is 3.85. The van der Waals surface area contributed by atoms with Crippen molar-refractivity contribution in [2.24, 2.45) is 0 Å². The quantitative estimate of drug-likeness (QED) is 0.846. The molecule has 0 saturated carbocycles. The number of hydrogen-bond acceptors (Lipinski definition) is 2. The van der Waals surface area contributed by atoms with Gasteiger partial charge in [0, 0.05) is 18.2 Å². The fourth-order valence-electron chi connectivity index (χ4n) is 1.34. The smallest absolute Gasteiger partial charge is 0.131 e. The first-order valence-electron chi connectivity index (χ1n) is 4.94. The number of hydrogen-bond donors (Lipinski definition) is 1. The number of pyridine rings is 1. The molecule has 0 fully saturated rings. The van der Waals surface area contributed by atoms with E-state index in [1.54, 1.807) is 18.3 Å². The van der Waals surface area contributed by atoms with E-state index in [1.165, 1.54) is 12.1 Å². The maximum Gasteiger partial charge on any atom is 0.131 e. The summed E-state index contributed by atoms with van der Waals surface area (Å²) in [4.78, 5) is 3.88. The second-order valence-electron chi connectivity index (χ2n) is 3.46. The van der Waals surface area contributed by atoms with Crippen molar-refractivity contribution in [3.05, 3.63) is 58.9 Å². The zero-order valence-corrected chi connectivity index (χ0v) is 9.51. The van der Waals surface area contributed by atoms with Crippen LogP contribution < -0.4 is 5.32 Å². The van der Waals surface area contributed by atoms with Gasteiger partial charge in [-0.3, -0.25) is 0 Å². The number of rotatable bonds is 3. The van der Waals surface area contributed by atoms with Crippen molar-refractivity contribution in [1.82, 2.24) is 4.98 Å². The third-order valence-corrected chi connectivity index (χ3v) is 2.45. The number of anilines is 1. The lowest BCUT2D eigenvalue weighted by Crippen LogP contribution is -2.02. The third-order valence-electron chi connectivity index (χ3n) is 2.23. The van der Waals surface area contributed by atoms with E-state index in [2.05, 4.69) is 10.3 Å². The Morgan fingerprint density at radius 3 is 2.65 bits per heavy atom. The minimum Gasteiger partial charge on any atom is -0.380 e. The van der Waals surface area contributed by atoms with Crippen molar-refractivity contribution < 1.29 is 8.78 Å². The molecule has 1 aromatic carbocycles. The summed E-state index contributed by atoms with van der Waals surface area (Å²) in [6, 6.07) is 6.85. The monoisotopic (exact) mass is 254 g/mol. The Morgan fingerprint density at radius 2 is 2.00 bits per heavy atom. The fraction of sp³-hybridized carbons (Fsp3) is 0.0833. The van der Waals surface area contributed by atoms with Gasteiger partial charge >= 0.3 is 0 Å². The molecule has 1 N–H and O–H groups in total. The highest BCUT2D eigenvalue weighted by molar-refractivity contribution is 6.29. The van der Waals surface area contributed by atoms with Crippen LogP contribution >= 0.6 is 11.6 Å². The van der Waals surface area contributed by atoms with E-state index >= 15 is 0 Å². The minimum absolute atomic E-state index is 0.259. The number of halogens is 3. The van der Waals surface area contributed by atoms with E-state index in [4.69, 9.17) is 11.6 Å². The van der Waals surface area contributed by atoms with Gasteiger partial charge in [0.05, 0.1) is 11.9 Å². The van der Waals surface area contributed by atoms with Crippen molar-refractivity contribution in [3.8, 4) is 0 Å². The summed E-state index contributed by atoms with van der Waals surface area (Å²) >= 11 is 5.63. The molecule has 0 atom stereocenters.